The Kier molecular flexibility index (Phi) is 4.61. The molecular weight excluding hydrogens is 242 g/mol. The van der Waals surface area contributed by atoms with Crippen LogP contribution in [0.4, 0.5) is 0 Å². The Morgan fingerprint density at radius 1 is 1.58 bits per heavy atom. The number of nitrogen functional groups attached to an aromatic ring is 1. The fourth-order valence-electron chi connectivity index (χ4n) is 2.18. The van der Waals surface area contributed by atoms with Crippen molar-refractivity contribution in [3.63, 3.8) is 0 Å². The zero-order valence-electron chi connectivity index (χ0n) is 11.7. The molecule has 1 heterocycles. The zero-order chi connectivity index (χ0) is 13.8. The van der Waals surface area contributed by atoms with Crippen LogP contribution in [0.25, 0.3) is 0 Å². The molecule has 0 radical (unpaired) electrons. The van der Waals surface area contributed by atoms with Gasteiger partial charge in [0.05, 0.1) is 18.4 Å². The normalized spacial score (nSPS) is 15.2. The van der Waals surface area contributed by atoms with E-state index in [4.69, 9.17) is 10.3 Å². The summed E-state index contributed by atoms with van der Waals surface area (Å²) in [7, 11) is 0. The van der Waals surface area contributed by atoms with Gasteiger partial charge in [-0.1, -0.05) is 13.8 Å². The van der Waals surface area contributed by atoms with E-state index >= 15 is 0 Å². The molecule has 0 saturated heterocycles. The monoisotopic (exact) mass is 265 g/mol. The molecule has 0 spiro atoms. The van der Waals surface area contributed by atoms with E-state index in [9.17, 15) is 4.79 Å². The van der Waals surface area contributed by atoms with Crippen molar-refractivity contribution >= 4 is 5.91 Å². The number of hydrogen-bond donors (Lipinski definition) is 2. The highest BCUT2D eigenvalue weighted by Gasteiger charge is 2.30. The fraction of sp³-hybridized carbons (Fsp3) is 0.643. The van der Waals surface area contributed by atoms with Crippen molar-refractivity contribution in [1.82, 2.24) is 10.3 Å². The number of amides is 1. The third-order valence-corrected chi connectivity index (χ3v) is 3.52. The molecule has 19 heavy (non-hydrogen) atoms. The van der Waals surface area contributed by atoms with Gasteiger partial charge >= 0.3 is 0 Å². The molecule has 5 heteroatoms. The number of hydrazine groups is 1. The SMILES string of the molecule is CC(C)CCN(Cc1occc1C(=O)NN)C1CC1. The van der Waals surface area contributed by atoms with Crippen LogP contribution in [0.1, 0.15) is 49.2 Å². The van der Waals surface area contributed by atoms with Crippen molar-refractivity contribution in [2.24, 2.45) is 11.8 Å². The lowest BCUT2D eigenvalue weighted by Crippen LogP contribution is -2.32. The molecule has 1 aromatic rings. The third-order valence-electron chi connectivity index (χ3n) is 3.52. The van der Waals surface area contributed by atoms with Gasteiger partial charge < -0.3 is 4.42 Å². The minimum atomic E-state index is -0.289. The van der Waals surface area contributed by atoms with E-state index in [1.807, 2.05) is 0 Å². The summed E-state index contributed by atoms with van der Waals surface area (Å²) in [4.78, 5) is 14.0. The molecule has 1 amide bonds. The first-order valence-electron chi connectivity index (χ1n) is 6.93. The molecule has 0 atom stereocenters. The smallest absolute Gasteiger partial charge is 0.268 e. The molecule has 106 valence electrons. The number of furan rings is 1. The molecule has 0 aliphatic heterocycles. The van der Waals surface area contributed by atoms with E-state index in [1.165, 1.54) is 12.8 Å². The largest absolute Gasteiger partial charge is 0.467 e. The molecule has 1 aliphatic carbocycles. The van der Waals surface area contributed by atoms with Crippen molar-refractivity contribution < 1.29 is 9.21 Å². The Balaban J connectivity index is 2.00. The first-order chi connectivity index (χ1) is 9.11. The van der Waals surface area contributed by atoms with Gasteiger partial charge in [-0.05, 0) is 37.8 Å². The number of hydrogen-bond acceptors (Lipinski definition) is 4. The summed E-state index contributed by atoms with van der Waals surface area (Å²) < 4.78 is 5.44. The van der Waals surface area contributed by atoms with E-state index in [-0.39, 0.29) is 5.91 Å². The Morgan fingerprint density at radius 2 is 2.32 bits per heavy atom. The van der Waals surface area contributed by atoms with Crippen LogP contribution in [-0.4, -0.2) is 23.4 Å². The highest BCUT2D eigenvalue weighted by Crippen LogP contribution is 2.29. The maximum atomic E-state index is 11.6. The quantitative estimate of drug-likeness (QED) is 0.449. The van der Waals surface area contributed by atoms with E-state index in [2.05, 4.69) is 24.2 Å². The van der Waals surface area contributed by atoms with Gasteiger partial charge in [0, 0.05) is 6.04 Å². The van der Waals surface area contributed by atoms with Crippen molar-refractivity contribution in [3.05, 3.63) is 23.7 Å². The summed E-state index contributed by atoms with van der Waals surface area (Å²) in [5.41, 5.74) is 2.70. The maximum absolute atomic E-state index is 11.6. The number of carbonyl (C=O) groups is 1. The van der Waals surface area contributed by atoms with Crippen LogP contribution in [0.2, 0.25) is 0 Å². The first kappa shape index (κ1) is 14.1. The second-order valence-corrected chi connectivity index (χ2v) is 5.62. The molecule has 3 N–H and O–H groups in total. The summed E-state index contributed by atoms with van der Waals surface area (Å²) in [6, 6.07) is 2.32. The van der Waals surface area contributed by atoms with Crippen LogP contribution in [0.3, 0.4) is 0 Å². The van der Waals surface area contributed by atoms with Gasteiger partial charge in [-0.2, -0.15) is 0 Å². The summed E-state index contributed by atoms with van der Waals surface area (Å²) in [5, 5.41) is 0. The van der Waals surface area contributed by atoms with Crippen LogP contribution in [0, 0.1) is 5.92 Å². The van der Waals surface area contributed by atoms with E-state index in [0.29, 0.717) is 29.8 Å². The van der Waals surface area contributed by atoms with Gasteiger partial charge in [0.2, 0.25) is 0 Å². The summed E-state index contributed by atoms with van der Waals surface area (Å²) in [6.07, 6.45) is 5.21. The number of nitrogens with one attached hydrogen (secondary N) is 1. The zero-order valence-corrected chi connectivity index (χ0v) is 11.7. The maximum Gasteiger partial charge on any atom is 0.268 e. The van der Waals surface area contributed by atoms with Gasteiger partial charge in [-0.3, -0.25) is 15.1 Å². The highest BCUT2D eigenvalue weighted by atomic mass is 16.3. The third kappa shape index (κ3) is 3.81. The minimum Gasteiger partial charge on any atom is -0.467 e. The van der Waals surface area contributed by atoms with E-state index < -0.39 is 0 Å². The predicted molar refractivity (Wildman–Crippen MR) is 73.2 cm³/mol. The van der Waals surface area contributed by atoms with Gasteiger partial charge in [0.1, 0.15) is 5.76 Å². The molecule has 1 aromatic heterocycles. The van der Waals surface area contributed by atoms with E-state index in [1.54, 1.807) is 12.3 Å². The molecule has 0 bridgehead atoms. The molecule has 2 rings (SSSR count). The van der Waals surface area contributed by atoms with Crippen LogP contribution in [0.15, 0.2) is 16.7 Å². The summed E-state index contributed by atoms with van der Waals surface area (Å²) in [5.74, 6) is 6.28. The highest BCUT2D eigenvalue weighted by molar-refractivity contribution is 5.94. The lowest BCUT2D eigenvalue weighted by Gasteiger charge is -2.22. The molecule has 5 nitrogen and oxygen atoms in total. The van der Waals surface area contributed by atoms with Crippen LogP contribution >= 0.6 is 0 Å². The van der Waals surface area contributed by atoms with Crippen molar-refractivity contribution in [2.45, 2.75) is 45.7 Å². The van der Waals surface area contributed by atoms with Gasteiger partial charge in [-0.15, -0.1) is 0 Å². The standard InChI is InChI=1S/C14H23N3O2/c1-10(2)5-7-17(11-3-4-11)9-13-12(6-8-19-13)14(18)16-15/h6,8,10-11H,3-5,7,9,15H2,1-2H3,(H,16,18). The van der Waals surface area contributed by atoms with Crippen LogP contribution in [0.5, 0.6) is 0 Å². The molecule has 1 saturated carbocycles. The molecule has 1 fully saturated rings. The minimum absolute atomic E-state index is 0.289. The first-order valence-corrected chi connectivity index (χ1v) is 6.93. The lowest BCUT2D eigenvalue weighted by molar-refractivity contribution is 0.0949. The number of rotatable bonds is 7. The topological polar surface area (TPSA) is 71.5 Å². The average molecular weight is 265 g/mol. The number of nitrogens with two attached hydrogens (primary N) is 1. The average Bonchev–Trinajstić information content (AvgIpc) is 3.13. The van der Waals surface area contributed by atoms with Crippen LogP contribution < -0.4 is 11.3 Å². The molecular formula is C14H23N3O2. The second-order valence-electron chi connectivity index (χ2n) is 5.62. The van der Waals surface area contributed by atoms with Gasteiger partial charge in [-0.25, -0.2) is 5.84 Å². The Bertz CT molecular complexity index is 424. The molecule has 1 aliphatic rings. The molecule has 0 unspecified atom stereocenters. The molecule has 0 aromatic carbocycles. The van der Waals surface area contributed by atoms with Gasteiger partial charge in [0.25, 0.3) is 5.91 Å². The van der Waals surface area contributed by atoms with Crippen LogP contribution in [-0.2, 0) is 6.54 Å². The fourth-order valence-corrected chi connectivity index (χ4v) is 2.18. The summed E-state index contributed by atoms with van der Waals surface area (Å²) >= 11 is 0. The summed E-state index contributed by atoms with van der Waals surface area (Å²) in [6.45, 7) is 6.19. The van der Waals surface area contributed by atoms with Crippen molar-refractivity contribution in [2.75, 3.05) is 6.54 Å². The Morgan fingerprint density at radius 3 is 2.89 bits per heavy atom. The number of nitrogens with zero attached hydrogens (tertiary/aromatic N) is 1. The van der Waals surface area contributed by atoms with Crippen molar-refractivity contribution in [1.29, 1.82) is 0 Å². The van der Waals surface area contributed by atoms with Crippen molar-refractivity contribution in [3.8, 4) is 0 Å². The van der Waals surface area contributed by atoms with E-state index in [0.717, 1.165) is 13.0 Å². The lowest BCUT2D eigenvalue weighted by atomic mass is 10.1. The second kappa shape index (κ2) is 6.21. The Labute approximate surface area is 114 Å². The van der Waals surface area contributed by atoms with Gasteiger partial charge in [0.15, 0.2) is 0 Å². The Hall–Kier alpha value is -1.33. The predicted octanol–water partition coefficient (Wildman–Crippen LogP) is 1.89. The number of carbonyl (C=O) groups excluding carboxylic acids is 1.